The Morgan fingerprint density at radius 2 is 1.90 bits per heavy atom. The zero-order valence-corrected chi connectivity index (χ0v) is 22.5. The normalized spacial score (nSPS) is 12.9. The van der Waals surface area contributed by atoms with Gasteiger partial charge in [0.05, 0.1) is 28.7 Å². The first kappa shape index (κ1) is 29.2. The molecule has 1 amide bonds. The molecule has 3 aromatic rings. The third-order valence-electron chi connectivity index (χ3n) is 5.85. The van der Waals surface area contributed by atoms with E-state index in [0.717, 1.165) is 12.1 Å². The maximum Gasteiger partial charge on any atom is 0.418 e. The summed E-state index contributed by atoms with van der Waals surface area (Å²) in [5, 5.41) is 6.46. The molecule has 0 fully saturated rings. The Bertz CT molecular complexity index is 1470. The Kier molecular flexibility index (Phi) is 8.95. The Morgan fingerprint density at radius 3 is 2.49 bits per heavy atom. The Labute approximate surface area is 224 Å². The molecule has 206 valence electrons. The number of ether oxygens (including phenoxy) is 1. The van der Waals surface area contributed by atoms with Crippen LogP contribution in [-0.4, -0.2) is 45.5 Å². The second-order valence-electron chi connectivity index (χ2n) is 8.93. The number of nitrogens with one attached hydrogen (secondary N) is 1. The highest BCUT2D eigenvalue weighted by Gasteiger charge is 2.35. The number of ketones is 1. The summed E-state index contributed by atoms with van der Waals surface area (Å²) in [6.45, 7) is 8.45. The number of alkyl halides is 3. The van der Waals surface area contributed by atoms with Gasteiger partial charge in [-0.25, -0.2) is 4.52 Å². The molecule has 0 spiro atoms. The van der Waals surface area contributed by atoms with Crippen molar-refractivity contribution in [3.05, 3.63) is 71.7 Å². The number of pyridine rings is 1. The Morgan fingerprint density at radius 1 is 1.18 bits per heavy atom. The lowest BCUT2D eigenvalue weighted by molar-refractivity contribution is -0.137. The molecule has 11 heteroatoms. The van der Waals surface area contributed by atoms with Crippen LogP contribution in [0.25, 0.3) is 11.2 Å². The molecule has 0 aliphatic heterocycles. The molecule has 0 atom stereocenters. The summed E-state index contributed by atoms with van der Waals surface area (Å²) in [6, 6.07) is 6.50. The summed E-state index contributed by atoms with van der Waals surface area (Å²) in [5.41, 5.74) is -0.0853. The lowest BCUT2D eigenvalue weighted by Crippen LogP contribution is -2.26. The lowest BCUT2D eigenvalue weighted by atomic mass is 10.1. The molecular formula is C28H30F3N5O3. The lowest BCUT2D eigenvalue weighted by Gasteiger charge is -2.20. The van der Waals surface area contributed by atoms with Crippen LogP contribution in [0.1, 0.15) is 45.7 Å². The van der Waals surface area contributed by atoms with Crippen LogP contribution in [-0.2, 0) is 15.8 Å². The van der Waals surface area contributed by atoms with Gasteiger partial charge in [-0.3, -0.25) is 14.6 Å². The number of amides is 1. The highest BCUT2D eigenvalue weighted by molar-refractivity contribution is 6.22. The smallest absolute Gasteiger partial charge is 0.418 e. The molecule has 0 bridgehead atoms. The number of carbonyl (C=O) groups excluding carboxylic acids is 2. The van der Waals surface area contributed by atoms with E-state index in [9.17, 15) is 22.8 Å². The van der Waals surface area contributed by atoms with Crippen molar-refractivity contribution in [2.75, 3.05) is 12.4 Å². The fourth-order valence-electron chi connectivity index (χ4n) is 3.58. The maximum atomic E-state index is 14.1. The summed E-state index contributed by atoms with van der Waals surface area (Å²) < 4.78 is 49.6. The molecule has 2 heterocycles. The number of Topliss-reactive ketones (excluding diaryl/α,β-unsaturated/α-hetero) is 1. The standard InChI is InChI=1S/C28H30F3N5O3/c1-7-23(32-8-2)19-13-26(25-11-12-33-36(25)15-19)39-20-9-10-24(22(14-20)28(29,30)31)34-27(38)21(18(5)37)16-35(6)17(3)4/h7-17H,1-6H3,(H,34,38)/b21-16+,23-7-,32-8?. The number of hydrogen-bond acceptors (Lipinski definition) is 6. The number of aliphatic imine (C=N–C) groups is 1. The van der Waals surface area contributed by atoms with Crippen LogP contribution in [0.2, 0.25) is 0 Å². The SMILES string of the molecule is CC=N/C(=C\C)c1cc(Oc2ccc(NC(=O)/C(=C/N(C)C(C)C)C(C)=O)c(C(F)(F)F)c2)c2ccnn2c1. The van der Waals surface area contributed by atoms with E-state index in [1.165, 1.54) is 19.2 Å². The van der Waals surface area contributed by atoms with Gasteiger partial charge in [-0.1, -0.05) is 6.08 Å². The van der Waals surface area contributed by atoms with Gasteiger partial charge < -0.3 is 15.0 Å². The largest absolute Gasteiger partial charge is 0.455 e. The van der Waals surface area contributed by atoms with E-state index in [2.05, 4.69) is 15.4 Å². The third-order valence-corrected chi connectivity index (χ3v) is 5.85. The fourth-order valence-corrected chi connectivity index (χ4v) is 3.58. The quantitative estimate of drug-likeness (QED) is 0.148. The number of nitrogens with zero attached hydrogens (tertiary/aromatic N) is 4. The molecular weight excluding hydrogens is 511 g/mol. The van der Waals surface area contributed by atoms with Crippen LogP contribution in [0.5, 0.6) is 11.5 Å². The maximum absolute atomic E-state index is 14.1. The summed E-state index contributed by atoms with van der Waals surface area (Å²) in [6.07, 6.45) is 3.19. The number of rotatable bonds is 9. The van der Waals surface area contributed by atoms with E-state index < -0.39 is 29.1 Å². The number of allylic oxidation sites excluding steroid dienone is 1. The molecule has 8 nitrogen and oxygen atoms in total. The zero-order chi connectivity index (χ0) is 28.9. The predicted molar refractivity (Wildman–Crippen MR) is 145 cm³/mol. The van der Waals surface area contributed by atoms with Gasteiger partial charge in [0, 0.05) is 37.3 Å². The number of aromatic nitrogens is 2. The van der Waals surface area contributed by atoms with Crippen LogP contribution in [0.15, 0.2) is 65.6 Å². The van der Waals surface area contributed by atoms with Crippen molar-refractivity contribution in [2.45, 2.75) is 46.8 Å². The van der Waals surface area contributed by atoms with E-state index in [-0.39, 0.29) is 23.1 Å². The molecule has 1 N–H and O–H groups in total. The van der Waals surface area contributed by atoms with Gasteiger partial charge in [-0.2, -0.15) is 18.3 Å². The molecule has 0 radical (unpaired) electrons. The minimum atomic E-state index is -4.82. The summed E-state index contributed by atoms with van der Waals surface area (Å²) >= 11 is 0. The van der Waals surface area contributed by atoms with Gasteiger partial charge in [-0.15, -0.1) is 0 Å². The average Bonchev–Trinajstić information content (AvgIpc) is 3.34. The fraction of sp³-hybridized carbons (Fsp3) is 0.286. The molecule has 0 saturated carbocycles. The first-order chi connectivity index (χ1) is 18.3. The van der Waals surface area contributed by atoms with Crippen LogP contribution in [0.4, 0.5) is 18.9 Å². The minimum absolute atomic E-state index is 0.0345. The number of benzene rings is 1. The van der Waals surface area contributed by atoms with Crippen molar-refractivity contribution in [2.24, 2.45) is 4.99 Å². The van der Waals surface area contributed by atoms with Gasteiger partial charge in [0.25, 0.3) is 5.91 Å². The highest BCUT2D eigenvalue weighted by Crippen LogP contribution is 2.39. The number of anilines is 1. The van der Waals surface area contributed by atoms with Gasteiger partial charge in [0.2, 0.25) is 0 Å². The van der Waals surface area contributed by atoms with E-state index in [4.69, 9.17) is 4.74 Å². The molecule has 0 saturated heterocycles. The molecule has 0 aliphatic carbocycles. The van der Waals surface area contributed by atoms with Crippen molar-refractivity contribution >= 4 is 34.8 Å². The predicted octanol–water partition coefficient (Wildman–Crippen LogP) is 6.35. The number of hydrogen-bond donors (Lipinski definition) is 1. The van der Waals surface area contributed by atoms with Crippen LogP contribution < -0.4 is 10.1 Å². The molecule has 0 aliphatic rings. The summed E-state index contributed by atoms with van der Waals surface area (Å²) in [7, 11) is 1.66. The van der Waals surface area contributed by atoms with Gasteiger partial charge in [0.1, 0.15) is 11.3 Å². The molecule has 2 aromatic heterocycles. The van der Waals surface area contributed by atoms with Gasteiger partial charge in [-0.05, 0) is 65.0 Å². The average molecular weight is 542 g/mol. The van der Waals surface area contributed by atoms with E-state index >= 15 is 0 Å². The highest BCUT2D eigenvalue weighted by atomic mass is 19.4. The second-order valence-corrected chi connectivity index (χ2v) is 8.93. The van der Waals surface area contributed by atoms with Crippen molar-refractivity contribution in [1.29, 1.82) is 0 Å². The summed E-state index contributed by atoms with van der Waals surface area (Å²) in [5.74, 6) is -1.37. The van der Waals surface area contributed by atoms with E-state index in [1.54, 1.807) is 60.2 Å². The number of halogens is 3. The Balaban J connectivity index is 2.01. The monoisotopic (exact) mass is 541 g/mol. The molecule has 39 heavy (non-hydrogen) atoms. The van der Waals surface area contributed by atoms with Crippen molar-refractivity contribution < 1.29 is 27.5 Å². The third kappa shape index (κ3) is 6.92. The Hall–Kier alpha value is -4.41. The van der Waals surface area contributed by atoms with Crippen LogP contribution >= 0.6 is 0 Å². The van der Waals surface area contributed by atoms with Crippen molar-refractivity contribution in [3.8, 4) is 11.5 Å². The first-order valence-corrected chi connectivity index (χ1v) is 12.1. The minimum Gasteiger partial charge on any atom is -0.455 e. The van der Waals surface area contributed by atoms with Crippen molar-refractivity contribution in [1.82, 2.24) is 14.5 Å². The van der Waals surface area contributed by atoms with E-state index in [1.807, 2.05) is 20.8 Å². The summed E-state index contributed by atoms with van der Waals surface area (Å²) in [4.78, 5) is 30.8. The van der Waals surface area contributed by atoms with E-state index in [0.29, 0.717) is 16.8 Å². The van der Waals surface area contributed by atoms with Crippen molar-refractivity contribution in [3.63, 3.8) is 0 Å². The molecule has 1 aromatic carbocycles. The topological polar surface area (TPSA) is 88.3 Å². The van der Waals surface area contributed by atoms with Crippen LogP contribution in [0, 0.1) is 0 Å². The molecule has 0 unspecified atom stereocenters. The first-order valence-electron chi connectivity index (χ1n) is 12.1. The van der Waals surface area contributed by atoms with Crippen LogP contribution in [0.3, 0.4) is 0 Å². The van der Waals surface area contributed by atoms with Gasteiger partial charge in [0.15, 0.2) is 11.5 Å². The number of carbonyl (C=O) groups is 2. The number of fused-ring (bicyclic) bond motifs is 1. The molecule has 3 rings (SSSR count). The zero-order valence-electron chi connectivity index (χ0n) is 22.5. The second kappa shape index (κ2) is 12.0. The van der Waals surface area contributed by atoms with Gasteiger partial charge >= 0.3 is 6.18 Å².